The zero-order chi connectivity index (χ0) is 13.5. The van der Waals surface area contributed by atoms with E-state index in [0.717, 1.165) is 22.7 Å². The monoisotopic (exact) mass is 266 g/mol. The van der Waals surface area contributed by atoms with Crippen LogP contribution in [0.15, 0.2) is 6.07 Å². The molecule has 0 aliphatic carbocycles. The summed E-state index contributed by atoms with van der Waals surface area (Å²) in [5.74, 6) is 0. The zero-order valence-electron chi connectivity index (χ0n) is 11.4. The maximum atomic E-state index is 10.1. The highest BCUT2D eigenvalue weighted by Gasteiger charge is 2.16. The summed E-state index contributed by atoms with van der Waals surface area (Å²) in [7, 11) is 3.84. The van der Waals surface area contributed by atoms with Gasteiger partial charge in [0.25, 0.3) is 0 Å². The van der Waals surface area contributed by atoms with E-state index in [1.165, 1.54) is 30.6 Å². The molecule has 0 saturated carbocycles. The van der Waals surface area contributed by atoms with E-state index in [4.69, 9.17) is 5.26 Å². The third kappa shape index (κ3) is 4.01. The van der Waals surface area contributed by atoms with Crippen LogP contribution in [0.3, 0.4) is 0 Å². The number of unbranched alkanes of at least 4 members (excludes halogenated alkanes) is 3. The summed E-state index contributed by atoms with van der Waals surface area (Å²) in [5, 5.41) is 20.1. The quantitative estimate of drug-likeness (QED) is 0.766. The molecule has 0 bridgehead atoms. The summed E-state index contributed by atoms with van der Waals surface area (Å²) in [5.41, 5.74) is 0.660. The molecule has 3 nitrogen and oxygen atoms in total. The van der Waals surface area contributed by atoms with Crippen molar-refractivity contribution in [3.8, 4) is 6.07 Å². The van der Waals surface area contributed by atoms with Crippen LogP contribution in [-0.2, 0) is 0 Å². The fourth-order valence-corrected chi connectivity index (χ4v) is 2.93. The van der Waals surface area contributed by atoms with Gasteiger partial charge in [0, 0.05) is 19.0 Å². The molecule has 18 heavy (non-hydrogen) atoms. The third-order valence-corrected chi connectivity index (χ3v) is 4.32. The molecule has 0 aliphatic rings. The lowest BCUT2D eigenvalue weighted by Gasteiger charge is -2.10. The predicted molar refractivity (Wildman–Crippen MR) is 77.1 cm³/mol. The van der Waals surface area contributed by atoms with E-state index in [1.807, 2.05) is 25.1 Å². The SMILES string of the molecule is CCCCCC[C@@H](O)c1cc(C#N)c(N(C)C)s1. The molecule has 0 aliphatic heterocycles. The number of aliphatic hydroxyl groups is 1. The van der Waals surface area contributed by atoms with Gasteiger partial charge in [-0.05, 0) is 12.5 Å². The van der Waals surface area contributed by atoms with Crippen LogP contribution in [0.5, 0.6) is 0 Å². The molecular formula is C14H22N2OS. The average molecular weight is 266 g/mol. The standard InChI is InChI=1S/C14H22N2OS/c1-4-5-6-7-8-12(17)13-9-11(10-15)14(18-13)16(2)3/h9,12,17H,4-8H2,1-3H3/t12-/m1/s1. The van der Waals surface area contributed by atoms with Gasteiger partial charge in [-0.3, -0.25) is 0 Å². The van der Waals surface area contributed by atoms with Gasteiger partial charge in [-0.1, -0.05) is 32.6 Å². The molecular weight excluding hydrogens is 244 g/mol. The summed E-state index contributed by atoms with van der Waals surface area (Å²) < 4.78 is 0. The summed E-state index contributed by atoms with van der Waals surface area (Å²) >= 11 is 1.52. The summed E-state index contributed by atoms with van der Waals surface area (Å²) in [6, 6.07) is 4.01. The van der Waals surface area contributed by atoms with Crippen molar-refractivity contribution in [2.75, 3.05) is 19.0 Å². The van der Waals surface area contributed by atoms with Gasteiger partial charge in [0.15, 0.2) is 0 Å². The van der Waals surface area contributed by atoms with Gasteiger partial charge in [0.1, 0.15) is 11.1 Å². The van der Waals surface area contributed by atoms with Crippen LogP contribution in [0, 0.1) is 11.3 Å². The highest BCUT2D eigenvalue weighted by Crippen LogP contribution is 2.35. The molecule has 0 amide bonds. The number of hydrogen-bond acceptors (Lipinski definition) is 4. The van der Waals surface area contributed by atoms with Crippen LogP contribution >= 0.6 is 11.3 Å². The first-order valence-electron chi connectivity index (χ1n) is 6.49. The average Bonchev–Trinajstić information content (AvgIpc) is 2.78. The zero-order valence-corrected chi connectivity index (χ0v) is 12.3. The molecule has 0 spiro atoms. The largest absolute Gasteiger partial charge is 0.388 e. The first kappa shape index (κ1) is 15.0. The Balaban J connectivity index is 2.63. The van der Waals surface area contributed by atoms with Gasteiger partial charge in [-0.2, -0.15) is 5.26 Å². The summed E-state index contributed by atoms with van der Waals surface area (Å²) in [4.78, 5) is 2.84. The molecule has 0 saturated heterocycles. The Bertz CT molecular complexity index is 406. The fraction of sp³-hybridized carbons (Fsp3) is 0.643. The molecule has 1 heterocycles. The van der Waals surface area contributed by atoms with Crippen molar-refractivity contribution in [1.82, 2.24) is 0 Å². The highest BCUT2D eigenvalue weighted by atomic mass is 32.1. The van der Waals surface area contributed by atoms with Gasteiger partial charge in [0.05, 0.1) is 11.7 Å². The minimum absolute atomic E-state index is 0.423. The van der Waals surface area contributed by atoms with E-state index >= 15 is 0 Å². The lowest BCUT2D eigenvalue weighted by molar-refractivity contribution is 0.167. The second-order valence-corrected chi connectivity index (χ2v) is 5.80. The third-order valence-electron chi connectivity index (χ3n) is 2.92. The highest BCUT2D eigenvalue weighted by molar-refractivity contribution is 7.16. The van der Waals surface area contributed by atoms with Gasteiger partial charge in [-0.25, -0.2) is 0 Å². The van der Waals surface area contributed by atoms with E-state index in [9.17, 15) is 5.11 Å². The van der Waals surface area contributed by atoms with Crippen LogP contribution in [0.2, 0.25) is 0 Å². The molecule has 0 radical (unpaired) electrons. The molecule has 1 N–H and O–H groups in total. The molecule has 0 unspecified atom stereocenters. The molecule has 1 aromatic rings. The van der Waals surface area contributed by atoms with Crippen molar-refractivity contribution in [3.05, 3.63) is 16.5 Å². The van der Waals surface area contributed by atoms with Gasteiger partial charge < -0.3 is 10.0 Å². The lowest BCUT2D eigenvalue weighted by atomic mass is 10.1. The molecule has 1 aromatic heterocycles. The molecule has 4 heteroatoms. The number of aliphatic hydroxyl groups excluding tert-OH is 1. The summed E-state index contributed by atoms with van der Waals surface area (Å²) in [6.07, 6.45) is 5.02. The van der Waals surface area contributed by atoms with Crippen LogP contribution in [0.25, 0.3) is 0 Å². The Morgan fingerprint density at radius 2 is 2.11 bits per heavy atom. The van der Waals surface area contributed by atoms with Crippen LogP contribution in [-0.4, -0.2) is 19.2 Å². The molecule has 1 atom stereocenters. The number of rotatable bonds is 7. The van der Waals surface area contributed by atoms with E-state index < -0.39 is 6.10 Å². The number of nitrogens with zero attached hydrogens (tertiary/aromatic N) is 2. The Hall–Kier alpha value is -1.05. The molecule has 100 valence electrons. The van der Waals surface area contributed by atoms with E-state index in [1.54, 1.807) is 0 Å². The number of thiophene rings is 1. The minimum atomic E-state index is -0.423. The van der Waals surface area contributed by atoms with Gasteiger partial charge >= 0.3 is 0 Å². The van der Waals surface area contributed by atoms with E-state index in [2.05, 4.69) is 13.0 Å². The Morgan fingerprint density at radius 3 is 2.61 bits per heavy atom. The maximum absolute atomic E-state index is 10.1. The molecule has 0 aromatic carbocycles. The number of nitriles is 1. The first-order valence-corrected chi connectivity index (χ1v) is 7.31. The van der Waals surface area contributed by atoms with Crippen LogP contribution < -0.4 is 4.90 Å². The Kier molecular flexibility index (Phi) is 6.17. The second kappa shape index (κ2) is 7.40. The van der Waals surface area contributed by atoms with Crippen molar-refractivity contribution in [2.45, 2.75) is 45.1 Å². The van der Waals surface area contributed by atoms with Crippen molar-refractivity contribution >= 4 is 16.3 Å². The number of anilines is 1. The van der Waals surface area contributed by atoms with Gasteiger partial charge in [-0.15, -0.1) is 11.3 Å². The predicted octanol–water partition coefficient (Wildman–Crippen LogP) is 3.69. The molecule has 1 rings (SSSR count). The van der Waals surface area contributed by atoms with E-state index in [0.29, 0.717) is 5.56 Å². The topological polar surface area (TPSA) is 47.3 Å². The second-order valence-electron chi connectivity index (χ2n) is 4.74. The summed E-state index contributed by atoms with van der Waals surface area (Å²) in [6.45, 7) is 2.18. The minimum Gasteiger partial charge on any atom is -0.388 e. The molecule has 0 fully saturated rings. The van der Waals surface area contributed by atoms with E-state index in [-0.39, 0.29) is 0 Å². The van der Waals surface area contributed by atoms with Crippen LogP contribution in [0.4, 0.5) is 5.00 Å². The lowest BCUT2D eigenvalue weighted by Crippen LogP contribution is -2.07. The normalized spacial score (nSPS) is 12.2. The van der Waals surface area contributed by atoms with Crippen molar-refractivity contribution in [2.24, 2.45) is 0 Å². The fourth-order valence-electron chi connectivity index (χ4n) is 1.88. The van der Waals surface area contributed by atoms with Crippen molar-refractivity contribution < 1.29 is 5.11 Å². The maximum Gasteiger partial charge on any atom is 0.109 e. The van der Waals surface area contributed by atoms with Crippen LogP contribution in [0.1, 0.15) is 55.6 Å². The first-order chi connectivity index (χ1) is 8.60. The Labute approximate surface area is 114 Å². The van der Waals surface area contributed by atoms with Crippen molar-refractivity contribution in [3.63, 3.8) is 0 Å². The Morgan fingerprint density at radius 1 is 1.39 bits per heavy atom. The smallest absolute Gasteiger partial charge is 0.109 e. The van der Waals surface area contributed by atoms with Crippen molar-refractivity contribution in [1.29, 1.82) is 5.26 Å². The van der Waals surface area contributed by atoms with Gasteiger partial charge in [0.2, 0.25) is 0 Å². The number of hydrogen-bond donors (Lipinski definition) is 1.